The zero-order valence-corrected chi connectivity index (χ0v) is 16.7. The van der Waals surface area contributed by atoms with Crippen molar-refractivity contribution in [3.05, 3.63) is 0 Å². The summed E-state index contributed by atoms with van der Waals surface area (Å²) in [6.07, 6.45) is 4.08. The number of unbranched alkanes of at least 4 members (excludes halogenated alkanes) is 3. The van der Waals surface area contributed by atoms with Crippen LogP contribution in [0.25, 0.3) is 0 Å². The highest BCUT2D eigenvalue weighted by Gasteiger charge is 2.11. The Labute approximate surface area is 154 Å². The van der Waals surface area contributed by atoms with E-state index in [2.05, 4.69) is 0 Å². The summed E-state index contributed by atoms with van der Waals surface area (Å²) < 4.78 is 20.6. The molecule has 0 aromatic rings. The van der Waals surface area contributed by atoms with E-state index in [1.165, 1.54) is 0 Å². The van der Waals surface area contributed by atoms with Crippen molar-refractivity contribution in [2.45, 2.75) is 77.1 Å². The first-order valence-electron chi connectivity index (χ1n) is 8.45. The third kappa shape index (κ3) is 15.1. The maximum atomic E-state index is 11.6. The quantitative estimate of drug-likeness (QED) is 0.178. The van der Waals surface area contributed by atoms with E-state index in [0.717, 1.165) is 49.8 Å². The highest BCUT2D eigenvalue weighted by molar-refractivity contribution is 7.95. The van der Waals surface area contributed by atoms with Crippen molar-refractivity contribution in [1.82, 2.24) is 0 Å². The second-order valence-corrected chi connectivity index (χ2v) is 7.22. The van der Waals surface area contributed by atoms with E-state index < -0.39 is 0 Å². The molecule has 2 atom stereocenters. The molecule has 0 rings (SSSR count). The van der Waals surface area contributed by atoms with Crippen LogP contribution in [0.3, 0.4) is 0 Å². The fraction of sp³-hybridized carbons (Fsp3) is 0.875. The third-order valence-corrected chi connectivity index (χ3v) is 4.23. The summed E-state index contributed by atoms with van der Waals surface area (Å²) >= 11 is 2.32. The molecule has 0 saturated carbocycles. The molecule has 0 radical (unpaired) electrons. The highest BCUT2D eigenvalue weighted by Crippen LogP contribution is 2.16. The minimum absolute atomic E-state index is 0.212. The maximum Gasteiger partial charge on any atom is 0.306 e. The molecule has 8 heteroatoms. The number of carbonyl (C=O) groups is 2. The number of hydrogen-bond acceptors (Lipinski definition) is 8. The van der Waals surface area contributed by atoms with Gasteiger partial charge in [0.15, 0.2) is 10.9 Å². The van der Waals surface area contributed by atoms with Gasteiger partial charge in [0.05, 0.1) is 13.2 Å². The molecule has 0 amide bonds. The average molecular weight is 383 g/mol. The lowest BCUT2D eigenvalue weighted by atomic mass is 10.1. The van der Waals surface area contributed by atoms with Gasteiger partial charge in [-0.05, 0) is 40.5 Å². The molecule has 142 valence electrons. The summed E-state index contributed by atoms with van der Waals surface area (Å²) in [5, 5.41) is 0. The van der Waals surface area contributed by atoms with E-state index in [1.54, 1.807) is 13.8 Å². The summed E-state index contributed by atoms with van der Waals surface area (Å²) in [7, 11) is 0. The molecule has 0 aliphatic rings. The molecule has 0 bridgehead atoms. The Morgan fingerprint density at radius 3 is 1.46 bits per heavy atom. The number of hydrogen-bond donors (Lipinski definition) is 0. The Kier molecular flexibility index (Phi) is 15.8. The Balaban J connectivity index is 3.52. The van der Waals surface area contributed by atoms with Gasteiger partial charge in [-0.2, -0.15) is 0 Å². The van der Waals surface area contributed by atoms with Crippen LogP contribution in [0.5, 0.6) is 0 Å². The Morgan fingerprint density at radius 2 is 1.12 bits per heavy atom. The van der Waals surface area contributed by atoms with Crippen LogP contribution in [0.2, 0.25) is 0 Å². The predicted molar refractivity (Wildman–Crippen MR) is 97.2 cm³/mol. The van der Waals surface area contributed by atoms with Crippen molar-refractivity contribution >= 4 is 36.0 Å². The van der Waals surface area contributed by atoms with E-state index in [0.29, 0.717) is 26.1 Å². The molecule has 0 saturated heterocycles. The Hall–Kier alpha value is -0.440. The van der Waals surface area contributed by atoms with Crippen LogP contribution < -0.4 is 0 Å². The zero-order chi connectivity index (χ0) is 18.2. The lowest BCUT2D eigenvalue weighted by molar-refractivity contribution is -0.146. The van der Waals surface area contributed by atoms with Gasteiger partial charge < -0.3 is 17.8 Å². The lowest BCUT2D eigenvalue weighted by Crippen LogP contribution is -2.12. The summed E-state index contributed by atoms with van der Waals surface area (Å²) in [6, 6.07) is 0. The van der Waals surface area contributed by atoms with Gasteiger partial charge in [-0.1, -0.05) is 12.8 Å². The standard InChI is InChI=1S/C16H30O6S2/c1-5-19-23-13(3)21-15(17)11-9-7-8-10-12-16(18)22-14(4)24-20-6-2/h13-14H,5-12H2,1-4H3. The average Bonchev–Trinajstić information content (AvgIpc) is 2.54. The molecule has 0 spiro atoms. The second kappa shape index (κ2) is 16.1. The molecule has 24 heavy (non-hydrogen) atoms. The van der Waals surface area contributed by atoms with E-state index in [1.807, 2.05) is 13.8 Å². The first-order chi connectivity index (χ1) is 11.5. The molecular formula is C16H30O6S2. The Morgan fingerprint density at radius 1 is 0.750 bits per heavy atom. The van der Waals surface area contributed by atoms with Gasteiger partial charge in [-0.25, -0.2) is 0 Å². The molecule has 0 heterocycles. The SMILES string of the molecule is CCOSC(C)OC(=O)CCCCCCC(=O)OC(C)SOCC. The molecule has 0 aromatic carbocycles. The van der Waals surface area contributed by atoms with Crippen LogP contribution in [0.15, 0.2) is 0 Å². The van der Waals surface area contributed by atoms with Gasteiger partial charge in [0.2, 0.25) is 0 Å². The molecule has 0 aliphatic carbocycles. The fourth-order valence-corrected chi connectivity index (χ4v) is 2.70. The number of carbonyl (C=O) groups excluding carboxylic acids is 2. The van der Waals surface area contributed by atoms with Gasteiger partial charge in [0.1, 0.15) is 0 Å². The van der Waals surface area contributed by atoms with Crippen molar-refractivity contribution in [3.8, 4) is 0 Å². The number of ether oxygens (including phenoxy) is 2. The largest absolute Gasteiger partial charge is 0.449 e. The first kappa shape index (κ1) is 23.6. The molecule has 0 aliphatic heterocycles. The fourth-order valence-electron chi connectivity index (χ4n) is 1.75. The van der Waals surface area contributed by atoms with Gasteiger partial charge in [0, 0.05) is 36.9 Å². The minimum atomic E-state index is -0.288. The monoisotopic (exact) mass is 382 g/mol. The molecular weight excluding hydrogens is 352 g/mol. The molecule has 2 unspecified atom stereocenters. The van der Waals surface area contributed by atoms with Crippen LogP contribution in [-0.4, -0.2) is 36.0 Å². The van der Waals surface area contributed by atoms with Crippen LogP contribution in [0.1, 0.15) is 66.2 Å². The van der Waals surface area contributed by atoms with E-state index in [4.69, 9.17) is 17.8 Å². The van der Waals surface area contributed by atoms with Crippen molar-refractivity contribution < 1.29 is 27.4 Å². The first-order valence-corrected chi connectivity index (χ1v) is 10.1. The Bertz CT molecular complexity index is 309. The predicted octanol–water partition coefficient (Wildman–Crippen LogP) is 4.47. The van der Waals surface area contributed by atoms with E-state index >= 15 is 0 Å². The molecule has 0 aromatic heterocycles. The zero-order valence-electron chi connectivity index (χ0n) is 15.1. The third-order valence-electron chi connectivity index (χ3n) is 2.75. The molecule has 0 N–H and O–H groups in total. The van der Waals surface area contributed by atoms with Gasteiger partial charge >= 0.3 is 11.9 Å². The number of rotatable bonds is 15. The summed E-state index contributed by atoms with van der Waals surface area (Å²) in [4.78, 5) is 23.2. The van der Waals surface area contributed by atoms with Crippen LogP contribution >= 0.6 is 24.1 Å². The lowest BCUT2D eigenvalue weighted by Gasteiger charge is -2.12. The van der Waals surface area contributed by atoms with E-state index in [-0.39, 0.29) is 22.8 Å². The normalized spacial score (nSPS) is 13.3. The van der Waals surface area contributed by atoms with Gasteiger partial charge in [-0.15, -0.1) is 0 Å². The van der Waals surface area contributed by atoms with Crippen LogP contribution in [-0.2, 0) is 27.4 Å². The second-order valence-electron chi connectivity index (χ2n) is 5.03. The maximum absolute atomic E-state index is 11.6. The van der Waals surface area contributed by atoms with Gasteiger partial charge in [-0.3, -0.25) is 9.59 Å². The van der Waals surface area contributed by atoms with Crippen molar-refractivity contribution in [2.24, 2.45) is 0 Å². The topological polar surface area (TPSA) is 71.1 Å². The summed E-state index contributed by atoms with van der Waals surface area (Å²) in [5.74, 6) is -0.424. The summed E-state index contributed by atoms with van der Waals surface area (Å²) in [6.45, 7) is 8.51. The highest BCUT2D eigenvalue weighted by atomic mass is 32.2. The van der Waals surface area contributed by atoms with Crippen molar-refractivity contribution in [2.75, 3.05) is 13.2 Å². The smallest absolute Gasteiger partial charge is 0.306 e. The van der Waals surface area contributed by atoms with E-state index in [9.17, 15) is 9.59 Å². The van der Waals surface area contributed by atoms with Gasteiger partial charge in [0.25, 0.3) is 0 Å². The molecule has 6 nitrogen and oxygen atoms in total. The van der Waals surface area contributed by atoms with Crippen molar-refractivity contribution in [3.63, 3.8) is 0 Å². The summed E-state index contributed by atoms with van der Waals surface area (Å²) in [5.41, 5.74) is -0.576. The molecule has 0 fully saturated rings. The van der Waals surface area contributed by atoms with Crippen molar-refractivity contribution in [1.29, 1.82) is 0 Å². The minimum Gasteiger partial charge on any atom is -0.449 e. The van der Waals surface area contributed by atoms with Crippen LogP contribution in [0.4, 0.5) is 0 Å². The number of esters is 2. The van der Waals surface area contributed by atoms with Crippen LogP contribution in [0, 0.1) is 0 Å².